The molecule has 10 heteroatoms. The Bertz CT molecular complexity index is 944. The first-order valence-corrected chi connectivity index (χ1v) is 12.3. The van der Waals surface area contributed by atoms with Crippen molar-refractivity contribution in [2.45, 2.75) is 76.2 Å². The molecule has 3 heterocycles. The van der Waals surface area contributed by atoms with E-state index < -0.39 is 23.6 Å². The number of nitrogens with zero attached hydrogens (tertiary/aromatic N) is 3. The number of fused-ring (bicyclic) bond motifs is 1. The van der Waals surface area contributed by atoms with Crippen LogP contribution in [0.5, 0.6) is 0 Å². The number of hydrogen-bond acceptors (Lipinski definition) is 7. The van der Waals surface area contributed by atoms with E-state index in [2.05, 4.69) is 15.3 Å². The van der Waals surface area contributed by atoms with Crippen LogP contribution in [0.2, 0.25) is 0 Å². The Hall–Kier alpha value is -1.56. The second-order valence-corrected chi connectivity index (χ2v) is 10.8. The van der Waals surface area contributed by atoms with Gasteiger partial charge in [0.15, 0.2) is 0 Å². The summed E-state index contributed by atoms with van der Waals surface area (Å²) in [6.07, 6.45) is 1.38. The predicted octanol–water partition coefficient (Wildman–Crippen LogP) is 2.77. The van der Waals surface area contributed by atoms with Crippen LogP contribution in [-0.2, 0) is 24.4 Å². The fourth-order valence-electron chi connectivity index (χ4n) is 4.53. The van der Waals surface area contributed by atoms with Crippen LogP contribution >= 0.6 is 11.8 Å². The number of benzene rings is 1. The third-order valence-electron chi connectivity index (χ3n) is 5.94. The predicted molar refractivity (Wildman–Crippen MR) is 122 cm³/mol. The number of halogens is 2. The van der Waals surface area contributed by atoms with E-state index in [9.17, 15) is 13.9 Å². The van der Waals surface area contributed by atoms with Crippen molar-refractivity contribution < 1.29 is 23.7 Å². The minimum atomic E-state index is -1.23. The van der Waals surface area contributed by atoms with Crippen LogP contribution in [0.4, 0.5) is 8.78 Å². The summed E-state index contributed by atoms with van der Waals surface area (Å²) in [6.45, 7) is 7.51. The fraction of sp³-hybridized carbons (Fsp3) is 0.609. The van der Waals surface area contributed by atoms with Crippen LogP contribution in [0.25, 0.3) is 0 Å². The average Bonchev–Trinajstić information content (AvgIpc) is 3.27. The van der Waals surface area contributed by atoms with Gasteiger partial charge in [-0.3, -0.25) is 14.9 Å². The van der Waals surface area contributed by atoms with E-state index in [0.717, 1.165) is 35.7 Å². The largest absolute Gasteiger partial charge is 0.394 e. The molecule has 0 saturated carbocycles. The maximum Gasteiger partial charge on any atom is 0.214 e. The van der Waals surface area contributed by atoms with E-state index in [1.807, 2.05) is 27.0 Å². The van der Waals surface area contributed by atoms with Gasteiger partial charge in [-0.1, -0.05) is 0 Å². The molecule has 2 aliphatic rings. The number of aliphatic hydroxyl groups is 2. The van der Waals surface area contributed by atoms with E-state index in [0.29, 0.717) is 25.1 Å². The lowest BCUT2D eigenvalue weighted by molar-refractivity contribution is -0.186. The molecule has 182 valence electrons. The van der Waals surface area contributed by atoms with Crippen LogP contribution in [0.15, 0.2) is 24.4 Å². The van der Waals surface area contributed by atoms with Gasteiger partial charge in [-0.05, 0) is 45.4 Å². The molecular formula is C23H32F2N4O3S. The van der Waals surface area contributed by atoms with Gasteiger partial charge in [0.2, 0.25) is 6.41 Å². The molecular weight excluding hydrogens is 450 g/mol. The van der Waals surface area contributed by atoms with Gasteiger partial charge in [0.1, 0.15) is 11.6 Å². The molecule has 3 N–H and O–H groups in total. The summed E-state index contributed by atoms with van der Waals surface area (Å²) < 4.78 is 36.0. The topological polar surface area (TPSA) is 82.8 Å². The molecule has 0 radical (unpaired) electrons. The van der Waals surface area contributed by atoms with Gasteiger partial charge in [0.25, 0.3) is 0 Å². The van der Waals surface area contributed by atoms with Gasteiger partial charge in [-0.15, -0.1) is 0 Å². The van der Waals surface area contributed by atoms with Crippen molar-refractivity contribution in [3.05, 3.63) is 52.9 Å². The van der Waals surface area contributed by atoms with Crippen LogP contribution in [0.1, 0.15) is 49.3 Å². The van der Waals surface area contributed by atoms with Crippen LogP contribution < -0.4 is 5.32 Å². The Balaban J connectivity index is 1.50. The third kappa shape index (κ3) is 5.93. The van der Waals surface area contributed by atoms with Crippen molar-refractivity contribution in [3.63, 3.8) is 0 Å². The van der Waals surface area contributed by atoms with Gasteiger partial charge < -0.3 is 14.9 Å². The molecule has 1 aromatic carbocycles. The molecule has 2 aliphatic heterocycles. The van der Waals surface area contributed by atoms with Crippen molar-refractivity contribution in [1.29, 1.82) is 0 Å². The van der Waals surface area contributed by atoms with Crippen LogP contribution in [-0.4, -0.2) is 61.4 Å². The summed E-state index contributed by atoms with van der Waals surface area (Å²) in [5, 5.41) is 26.9. The minimum Gasteiger partial charge on any atom is -0.394 e. The Kier molecular flexibility index (Phi) is 7.42. The lowest BCUT2D eigenvalue weighted by atomic mass is 9.97. The van der Waals surface area contributed by atoms with Gasteiger partial charge in [0.05, 0.1) is 24.4 Å². The summed E-state index contributed by atoms with van der Waals surface area (Å²) in [7, 11) is 0. The van der Waals surface area contributed by atoms with Gasteiger partial charge in [-0.25, -0.2) is 8.78 Å². The van der Waals surface area contributed by atoms with E-state index >= 15 is 0 Å². The fourth-order valence-corrected chi connectivity index (χ4v) is 6.09. The molecule has 7 nitrogen and oxygen atoms in total. The molecule has 4 rings (SSSR count). The highest BCUT2D eigenvalue weighted by Gasteiger charge is 2.39. The highest BCUT2D eigenvalue weighted by molar-refractivity contribution is 7.99. The Morgan fingerprint density at radius 2 is 2.09 bits per heavy atom. The second kappa shape index (κ2) is 9.97. The van der Waals surface area contributed by atoms with Gasteiger partial charge in [-0.2, -0.15) is 16.9 Å². The lowest BCUT2D eigenvalue weighted by Gasteiger charge is -2.41. The summed E-state index contributed by atoms with van der Waals surface area (Å²) >= 11 is 1.56. The zero-order valence-electron chi connectivity index (χ0n) is 19.2. The monoisotopic (exact) mass is 482 g/mol. The van der Waals surface area contributed by atoms with Crippen LogP contribution in [0.3, 0.4) is 0 Å². The van der Waals surface area contributed by atoms with E-state index in [1.165, 1.54) is 6.07 Å². The number of aliphatic hydroxyl groups excluding tert-OH is 2. The molecule has 2 aromatic rings. The van der Waals surface area contributed by atoms with Crippen molar-refractivity contribution >= 4 is 11.8 Å². The molecule has 0 amide bonds. The van der Waals surface area contributed by atoms with Gasteiger partial charge in [0, 0.05) is 53.5 Å². The molecule has 1 saturated heterocycles. The lowest BCUT2D eigenvalue weighted by Crippen LogP contribution is -2.51. The third-order valence-corrected chi connectivity index (χ3v) is 7.46. The normalized spacial score (nSPS) is 24.8. The summed E-state index contributed by atoms with van der Waals surface area (Å²) in [5.41, 5.74) is 1.88. The maximum absolute atomic E-state index is 14.6. The van der Waals surface area contributed by atoms with E-state index in [4.69, 9.17) is 9.84 Å². The average molecular weight is 483 g/mol. The number of ether oxygens (including phenoxy) is 1. The van der Waals surface area contributed by atoms with Crippen molar-refractivity contribution in [2.24, 2.45) is 0 Å². The Labute approximate surface area is 197 Å². The zero-order valence-corrected chi connectivity index (χ0v) is 20.0. The molecule has 1 aromatic heterocycles. The highest BCUT2D eigenvalue weighted by Crippen LogP contribution is 2.42. The second-order valence-electron chi connectivity index (χ2n) is 9.66. The number of aromatic nitrogens is 2. The molecule has 0 bridgehead atoms. The maximum atomic E-state index is 14.6. The van der Waals surface area contributed by atoms with Crippen molar-refractivity contribution in [3.8, 4) is 0 Å². The Morgan fingerprint density at radius 1 is 1.30 bits per heavy atom. The molecule has 1 fully saturated rings. The summed E-state index contributed by atoms with van der Waals surface area (Å²) in [5.74, 6) is -0.190. The molecule has 33 heavy (non-hydrogen) atoms. The van der Waals surface area contributed by atoms with E-state index in [1.54, 1.807) is 16.4 Å². The summed E-state index contributed by atoms with van der Waals surface area (Å²) in [4.78, 5) is 2.33. The van der Waals surface area contributed by atoms with Crippen LogP contribution in [0, 0.1) is 11.6 Å². The van der Waals surface area contributed by atoms with E-state index in [-0.39, 0.29) is 23.9 Å². The number of rotatable bonds is 7. The number of thioether (sulfide) groups is 1. The van der Waals surface area contributed by atoms with Crippen molar-refractivity contribution in [2.75, 3.05) is 12.4 Å². The first-order chi connectivity index (χ1) is 15.6. The van der Waals surface area contributed by atoms with Gasteiger partial charge >= 0.3 is 0 Å². The van der Waals surface area contributed by atoms with Crippen molar-refractivity contribution in [1.82, 2.24) is 20.0 Å². The summed E-state index contributed by atoms with van der Waals surface area (Å²) in [6, 6.07) is 3.36. The SMILES string of the molecule is CC(C)(C)OC(O)NC1CC(N2Cc3cn(CCO)nc3C2)CSC1c1cc(F)ccc1F. The first-order valence-electron chi connectivity index (χ1n) is 11.2. The molecule has 0 spiro atoms. The molecule has 4 unspecified atom stereocenters. The standard InChI is InChI=1S/C23H32F2N4O3S/c1-23(2,3)32-22(31)26-19-9-16(13-33-21(19)17-8-15(24)4-5-18(17)25)28-10-14-11-29(6-7-30)27-20(14)12-28/h4-5,8,11,16,19,21-22,26,30-31H,6-7,9-10,12-13H2,1-3H3. The quantitative estimate of drug-likeness (QED) is 0.524. The highest BCUT2D eigenvalue weighted by atomic mass is 32.2. The molecule has 0 aliphatic carbocycles. The zero-order chi connectivity index (χ0) is 23.8. The minimum absolute atomic E-state index is 0.0495. The number of hydrogen-bond donors (Lipinski definition) is 3. The smallest absolute Gasteiger partial charge is 0.214 e. The Morgan fingerprint density at radius 3 is 2.79 bits per heavy atom. The first kappa shape index (κ1) is 24.6. The molecule has 4 atom stereocenters. The number of nitrogens with one attached hydrogen (secondary N) is 1.